The summed E-state index contributed by atoms with van der Waals surface area (Å²) < 4.78 is 0.938. The number of aliphatic hydroxyl groups excluding tert-OH is 1. The molecule has 1 saturated carbocycles. The highest BCUT2D eigenvalue weighted by molar-refractivity contribution is 9.10. The van der Waals surface area contributed by atoms with Gasteiger partial charge in [0.2, 0.25) is 0 Å². The van der Waals surface area contributed by atoms with Crippen LogP contribution in [0.3, 0.4) is 0 Å². The molecule has 1 aliphatic carbocycles. The molecule has 1 N–H and O–H groups in total. The van der Waals surface area contributed by atoms with Gasteiger partial charge < -0.3 is 5.11 Å². The van der Waals surface area contributed by atoms with Crippen LogP contribution in [0.1, 0.15) is 44.3 Å². The van der Waals surface area contributed by atoms with E-state index < -0.39 is 0 Å². The van der Waals surface area contributed by atoms with Crippen LogP contribution in [-0.2, 0) is 0 Å². The summed E-state index contributed by atoms with van der Waals surface area (Å²) >= 11 is 3.39. The van der Waals surface area contributed by atoms with Crippen molar-refractivity contribution in [3.05, 3.63) is 28.5 Å². The van der Waals surface area contributed by atoms with Gasteiger partial charge in [-0.2, -0.15) is 0 Å². The van der Waals surface area contributed by atoms with Crippen molar-refractivity contribution in [1.82, 2.24) is 4.98 Å². The molecule has 1 aliphatic rings. The molecule has 0 spiro atoms. The first-order valence-electron chi connectivity index (χ1n) is 5.95. The molecule has 0 bridgehead atoms. The van der Waals surface area contributed by atoms with Gasteiger partial charge >= 0.3 is 0 Å². The van der Waals surface area contributed by atoms with Crippen LogP contribution in [0.25, 0.3) is 0 Å². The summed E-state index contributed by atoms with van der Waals surface area (Å²) in [6.07, 6.45) is 7.98. The molecular weight excluding hydrogens is 266 g/mol. The third-order valence-corrected chi connectivity index (χ3v) is 3.92. The Labute approximate surface area is 105 Å². The van der Waals surface area contributed by atoms with E-state index in [-0.39, 0.29) is 6.10 Å². The zero-order valence-corrected chi connectivity index (χ0v) is 11.2. The second-order valence-electron chi connectivity index (χ2n) is 4.91. The standard InChI is InChI=1S/C13H18BrNO/c1-9-3-2-4-10(5-9)13(16)11-6-12(14)8-15-7-11/h6-10,13,16H,2-5H2,1H3. The number of nitrogens with zero attached hydrogens (tertiary/aromatic N) is 1. The SMILES string of the molecule is CC1CCCC(C(O)c2cncc(Br)c2)C1. The molecule has 1 fully saturated rings. The van der Waals surface area contributed by atoms with Gasteiger partial charge in [-0.05, 0) is 46.7 Å². The van der Waals surface area contributed by atoms with Crippen molar-refractivity contribution in [3.63, 3.8) is 0 Å². The van der Waals surface area contributed by atoms with E-state index in [2.05, 4.69) is 27.8 Å². The van der Waals surface area contributed by atoms with Crippen molar-refractivity contribution in [2.75, 3.05) is 0 Å². The first-order chi connectivity index (χ1) is 7.66. The van der Waals surface area contributed by atoms with Gasteiger partial charge in [0.25, 0.3) is 0 Å². The molecule has 2 nitrogen and oxygen atoms in total. The highest BCUT2D eigenvalue weighted by Gasteiger charge is 2.26. The van der Waals surface area contributed by atoms with E-state index in [1.54, 1.807) is 12.4 Å². The molecule has 16 heavy (non-hydrogen) atoms. The van der Waals surface area contributed by atoms with Gasteiger partial charge in [-0.3, -0.25) is 4.98 Å². The lowest BCUT2D eigenvalue weighted by Crippen LogP contribution is -2.20. The van der Waals surface area contributed by atoms with E-state index in [1.807, 2.05) is 6.07 Å². The zero-order valence-electron chi connectivity index (χ0n) is 9.56. The molecule has 3 atom stereocenters. The number of hydrogen-bond donors (Lipinski definition) is 1. The minimum atomic E-state index is -0.354. The predicted octanol–water partition coefficient (Wildman–Crippen LogP) is 3.70. The summed E-state index contributed by atoms with van der Waals surface area (Å²) in [4.78, 5) is 4.11. The van der Waals surface area contributed by atoms with E-state index in [4.69, 9.17) is 0 Å². The Morgan fingerprint density at radius 3 is 2.94 bits per heavy atom. The van der Waals surface area contributed by atoms with Crippen LogP contribution >= 0.6 is 15.9 Å². The van der Waals surface area contributed by atoms with Crippen molar-refractivity contribution in [1.29, 1.82) is 0 Å². The van der Waals surface area contributed by atoms with Crippen molar-refractivity contribution in [2.24, 2.45) is 11.8 Å². The quantitative estimate of drug-likeness (QED) is 0.898. The fourth-order valence-corrected chi connectivity index (χ4v) is 3.01. The summed E-state index contributed by atoms with van der Waals surface area (Å²) in [6, 6.07) is 1.97. The van der Waals surface area contributed by atoms with Crippen molar-refractivity contribution >= 4 is 15.9 Å². The molecule has 3 unspecified atom stereocenters. The Kier molecular flexibility index (Phi) is 3.98. The normalized spacial score (nSPS) is 27.7. The Morgan fingerprint density at radius 1 is 1.44 bits per heavy atom. The van der Waals surface area contributed by atoms with Crippen LogP contribution in [0.4, 0.5) is 0 Å². The highest BCUT2D eigenvalue weighted by Crippen LogP contribution is 2.37. The molecule has 0 saturated heterocycles. The summed E-state index contributed by atoms with van der Waals surface area (Å²) in [5.74, 6) is 1.15. The Morgan fingerprint density at radius 2 is 2.25 bits per heavy atom. The van der Waals surface area contributed by atoms with Crippen molar-refractivity contribution in [2.45, 2.75) is 38.7 Å². The summed E-state index contributed by atoms with van der Waals surface area (Å²) in [5.41, 5.74) is 0.938. The van der Waals surface area contributed by atoms with Gasteiger partial charge in [0.1, 0.15) is 0 Å². The number of rotatable bonds is 2. The van der Waals surface area contributed by atoms with Crippen molar-refractivity contribution < 1.29 is 5.11 Å². The minimum Gasteiger partial charge on any atom is -0.388 e. The Bertz CT molecular complexity index is 356. The van der Waals surface area contributed by atoms with Gasteiger partial charge in [-0.1, -0.05) is 19.8 Å². The molecule has 0 aromatic carbocycles. The maximum Gasteiger partial charge on any atom is 0.0833 e. The largest absolute Gasteiger partial charge is 0.388 e. The number of pyridine rings is 1. The molecule has 0 amide bonds. The molecule has 0 radical (unpaired) electrons. The molecule has 1 heterocycles. The average Bonchev–Trinajstić information content (AvgIpc) is 2.28. The van der Waals surface area contributed by atoms with E-state index in [1.165, 1.54) is 12.8 Å². The fourth-order valence-electron chi connectivity index (χ4n) is 2.63. The molecule has 1 aromatic heterocycles. The summed E-state index contributed by atoms with van der Waals surface area (Å²) in [5, 5.41) is 10.3. The number of halogens is 1. The summed E-state index contributed by atoms with van der Waals surface area (Å²) in [7, 11) is 0. The monoisotopic (exact) mass is 283 g/mol. The topological polar surface area (TPSA) is 33.1 Å². The number of aliphatic hydroxyl groups is 1. The van der Waals surface area contributed by atoms with E-state index in [0.29, 0.717) is 5.92 Å². The van der Waals surface area contributed by atoms with Crippen molar-refractivity contribution in [3.8, 4) is 0 Å². The van der Waals surface area contributed by atoms with Gasteiger partial charge in [0, 0.05) is 22.4 Å². The van der Waals surface area contributed by atoms with Crippen LogP contribution in [0.2, 0.25) is 0 Å². The Balaban J connectivity index is 2.09. The fraction of sp³-hybridized carbons (Fsp3) is 0.615. The molecular formula is C13H18BrNO. The first kappa shape index (κ1) is 12.1. The lowest BCUT2D eigenvalue weighted by Gasteiger charge is -2.30. The predicted molar refractivity (Wildman–Crippen MR) is 68.0 cm³/mol. The smallest absolute Gasteiger partial charge is 0.0833 e. The molecule has 88 valence electrons. The van der Waals surface area contributed by atoms with Crippen LogP contribution in [-0.4, -0.2) is 10.1 Å². The molecule has 0 aliphatic heterocycles. The molecule has 3 heteroatoms. The van der Waals surface area contributed by atoms with Gasteiger partial charge in [0.15, 0.2) is 0 Å². The zero-order chi connectivity index (χ0) is 11.5. The van der Waals surface area contributed by atoms with Crippen LogP contribution in [0.15, 0.2) is 22.9 Å². The molecule has 2 rings (SSSR count). The maximum absolute atomic E-state index is 10.3. The Hall–Kier alpha value is -0.410. The minimum absolute atomic E-state index is 0.354. The van der Waals surface area contributed by atoms with Gasteiger partial charge in [-0.25, -0.2) is 0 Å². The second-order valence-corrected chi connectivity index (χ2v) is 5.83. The lowest BCUT2D eigenvalue weighted by atomic mass is 9.78. The maximum atomic E-state index is 10.3. The third kappa shape index (κ3) is 2.83. The first-order valence-corrected chi connectivity index (χ1v) is 6.74. The number of aromatic nitrogens is 1. The van der Waals surface area contributed by atoms with Crippen LogP contribution in [0.5, 0.6) is 0 Å². The number of hydrogen-bond acceptors (Lipinski definition) is 2. The van der Waals surface area contributed by atoms with Gasteiger partial charge in [0.05, 0.1) is 6.10 Å². The molecule has 1 aromatic rings. The van der Waals surface area contributed by atoms with E-state index in [0.717, 1.165) is 28.8 Å². The summed E-state index contributed by atoms with van der Waals surface area (Å²) in [6.45, 7) is 2.28. The average molecular weight is 284 g/mol. The van der Waals surface area contributed by atoms with Gasteiger partial charge in [-0.15, -0.1) is 0 Å². The van der Waals surface area contributed by atoms with E-state index in [9.17, 15) is 5.11 Å². The highest BCUT2D eigenvalue weighted by atomic mass is 79.9. The second kappa shape index (κ2) is 5.28. The van der Waals surface area contributed by atoms with Crippen LogP contribution < -0.4 is 0 Å². The third-order valence-electron chi connectivity index (χ3n) is 3.49. The van der Waals surface area contributed by atoms with E-state index >= 15 is 0 Å². The lowest BCUT2D eigenvalue weighted by molar-refractivity contribution is 0.0711. The van der Waals surface area contributed by atoms with Crippen LogP contribution in [0, 0.1) is 11.8 Å².